The smallest absolute Gasteiger partial charge is 0.0184 e. The highest BCUT2D eigenvalue weighted by Gasteiger charge is 2.11. The van der Waals surface area contributed by atoms with Crippen LogP contribution in [0, 0.1) is 0 Å². The minimum Gasteiger partial charge on any atom is -0.0836 e. The molecule has 0 bridgehead atoms. The summed E-state index contributed by atoms with van der Waals surface area (Å²) < 4.78 is 1.17. The SMILES string of the molecule is Brc1cc(C2=CCCC=C2)cc(C2C=CC=CC2)c1. The second-order valence-electron chi connectivity index (χ2n) is 5.07. The fourth-order valence-corrected chi connectivity index (χ4v) is 3.16. The number of hydrogen-bond donors (Lipinski definition) is 0. The van der Waals surface area contributed by atoms with E-state index < -0.39 is 0 Å². The van der Waals surface area contributed by atoms with Crippen molar-refractivity contribution in [2.45, 2.75) is 25.2 Å². The fourth-order valence-electron chi connectivity index (χ4n) is 2.65. The molecule has 19 heavy (non-hydrogen) atoms. The van der Waals surface area contributed by atoms with Crippen LogP contribution in [0.3, 0.4) is 0 Å². The molecule has 3 rings (SSSR count). The maximum absolute atomic E-state index is 3.65. The van der Waals surface area contributed by atoms with Crippen LogP contribution in [-0.4, -0.2) is 0 Å². The predicted molar refractivity (Wildman–Crippen MR) is 86.1 cm³/mol. The van der Waals surface area contributed by atoms with Gasteiger partial charge in [0.05, 0.1) is 0 Å². The lowest BCUT2D eigenvalue weighted by Crippen LogP contribution is -1.98. The van der Waals surface area contributed by atoms with Crippen molar-refractivity contribution in [1.82, 2.24) is 0 Å². The van der Waals surface area contributed by atoms with E-state index in [1.54, 1.807) is 0 Å². The molecule has 0 saturated carbocycles. The van der Waals surface area contributed by atoms with Gasteiger partial charge in [0.15, 0.2) is 0 Å². The fraction of sp³-hybridized carbons (Fsp3) is 0.222. The van der Waals surface area contributed by atoms with Gasteiger partial charge in [-0.15, -0.1) is 0 Å². The summed E-state index contributed by atoms with van der Waals surface area (Å²) in [5, 5.41) is 0. The Morgan fingerprint density at radius 2 is 1.95 bits per heavy atom. The van der Waals surface area contributed by atoms with Gasteiger partial charge in [-0.3, -0.25) is 0 Å². The summed E-state index contributed by atoms with van der Waals surface area (Å²) in [5.41, 5.74) is 4.07. The van der Waals surface area contributed by atoms with Gasteiger partial charge in [0, 0.05) is 10.4 Å². The van der Waals surface area contributed by atoms with E-state index in [1.165, 1.54) is 27.6 Å². The maximum Gasteiger partial charge on any atom is 0.0184 e. The number of hydrogen-bond acceptors (Lipinski definition) is 0. The zero-order valence-electron chi connectivity index (χ0n) is 10.9. The number of benzene rings is 1. The van der Waals surface area contributed by atoms with E-state index in [0.717, 1.165) is 12.8 Å². The summed E-state index contributed by atoms with van der Waals surface area (Å²) >= 11 is 3.65. The van der Waals surface area contributed by atoms with E-state index in [-0.39, 0.29) is 0 Å². The first kappa shape index (κ1) is 12.7. The third kappa shape index (κ3) is 2.98. The Kier molecular flexibility index (Phi) is 3.84. The van der Waals surface area contributed by atoms with E-state index in [2.05, 4.69) is 76.7 Å². The molecule has 0 saturated heterocycles. The van der Waals surface area contributed by atoms with Crippen LogP contribution in [0.1, 0.15) is 36.3 Å². The molecule has 1 aromatic rings. The van der Waals surface area contributed by atoms with Crippen molar-refractivity contribution in [3.05, 3.63) is 76.3 Å². The van der Waals surface area contributed by atoms with Crippen molar-refractivity contribution in [1.29, 1.82) is 0 Å². The third-order valence-electron chi connectivity index (χ3n) is 3.66. The minimum absolute atomic E-state index is 0.509. The van der Waals surface area contributed by atoms with E-state index in [0.29, 0.717) is 5.92 Å². The standard InChI is InChI=1S/C18H17Br/c19-18-12-16(14-7-3-1-4-8-14)11-17(13-18)15-9-5-2-6-10-15/h1,3-5,7,9-14H,2,6,8H2. The van der Waals surface area contributed by atoms with Gasteiger partial charge >= 0.3 is 0 Å². The molecule has 1 unspecified atom stereocenters. The van der Waals surface area contributed by atoms with Gasteiger partial charge in [-0.05, 0) is 48.1 Å². The number of halogens is 1. The molecule has 2 aliphatic carbocycles. The van der Waals surface area contributed by atoms with Gasteiger partial charge in [-0.2, -0.15) is 0 Å². The van der Waals surface area contributed by atoms with Crippen LogP contribution in [-0.2, 0) is 0 Å². The summed E-state index contributed by atoms with van der Waals surface area (Å²) in [7, 11) is 0. The molecule has 0 fully saturated rings. The Hall–Kier alpha value is -1.34. The Labute approximate surface area is 123 Å². The molecule has 0 radical (unpaired) electrons. The summed E-state index contributed by atoms with van der Waals surface area (Å²) in [4.78, 5) is 0. The van der Waals surface area contributed by atoms with Crippen molar-refractivity contribution < 1.29 is 0 Å². The lowest BCUT2D eigenvalue weighted by molar-refractivity contribution is 0.852. The van der Waals surface area contributed by atoms with Crippen molar-refractivity contribution in [3.63, 3.8) is 0 Å². The molecule has 0 aromatic heterocycles. The Balaban J connectivity index is 1.96. The van der Waals surface area contributed by atoms with Crippen LogP contribution >= 0.6 is 15.9 Å². The molecule has 0 nitrogen and oxygen atoms in total. The third-order valence-corrected chi connectivity index (χ3v) is 4.12. The minimum atomic E-state index is 0.509. The highest BCUT2D eigenvalue weighted by molar-refractivity contribution is 9.10. The van der Waals surface area contributed by atoms with Crippen molar-refractivity contribution in [3.8, 4) is 0 Å². The Bertz CT molecular complexity index is 588. The zero-order chi connectivity index (χ0) is 13.1. The molecule has 1 heteroatoms. The quantitative estimate of drug-likeness (QED) is 0.649. The second-order valence-corrected chi connectivity index (χ2v) is 5.98. The summed E-state index contributed by atoms with van der Waals surface area (Å²) in [6, 6.07) is 6.79. The van der Waals surface area contributed by atoms with Crippen molar-refractivity contribution in [2.24, 2.45) is 0 Å². The van der Waals surface area contributed by atoms with Gasteiger partial charge in [-0.1, -0.05) is 64.5 Å². The first-order valence-corrected chi connectivity index (χ1v) is 7.63. The monoisotopic (exact) mass is 312 g/mol. The van der Waals surface area contributed by atoms with Crippen molar-refractivity contribution >= 4 is 21.5 Å². The maximum atomic E-state index is 3.65. The van der Waals surface area contributed by atoms with E-state index in [9.17, 15) is 0 Å². The highest BCUT2D eigenvalue weighted by Crippen LogP contribution is 2.31. The van der Waals surface area contributed by atoms with Crippen LogP contribution in [0.4, 0.5) is 0 Å². The number of allylic oxidation sites excluding steroid dienone is 8. The molecule has 0 spiro atoms. The molecule has 0 heterocycles. The van der Waals surface area contributed by atoms with Gasteiger partial charge in [0.25, 0.3) is 0 Å². The van der Waals surface area contributed by atoms with E-state index in [4.69, 9.17) is 0 Å². The molecular formula is C18H17Br. The van der Waals surface area contributed by atoms with Crippen LogP contribution in [0.5, 0.6) is 0 Å². The second kappa shape index (κ2) is 5.75. The van der Waals surface area contributed by atoms with Crippen LogP contribution in [0.25, 0.3) is 5.57 Å². The molecular weight excluding hydrogens is 296 g/mol. The molecule has 1 atom stereocenters. The largest absolute Gasteiger partial charge is 0.0836 e. The first-order chi connectivity index (χ1) is 9.33. The molecule has 0 N–H and O–H groups in total. The molecule has 96 valence electrons. The van der Waals surface area contributed by atoms with Crippen LogP contribution < -0.4 is 0 Å². The lowest BCUT2D eigenvalue weighted by atomic mass is 9.89. The van der Waals surface area contributed by atoms with Crippen LogP contribution in [0.15, 0.2) is 65.2 Å². The predicted octanol–water partition coefficient (Wildman–Crippen LogP) is 5.78. The topological polar surface area (TPSA) is 0 Å². The van der Waals surface area contributed by atoms with Gasteiger partial charge in [0.1, 0.15) is 0 Å². The average Bonchev–Trinajstić information content (AvgIpc) is 2.48. The Morgan fingerprint density at radius 3 is 2.68 bits per heavy atom. The zero-order valence-corrected chi connectivity index (χ0v) is 12.4. The summed E-state index contributed by atoms with van der Waals surface area (Å²) in [5.74, 6) is 0.509. The Morgan fingerprint density at radius 1 is 1.00 bits per heavy atom. The normalized spacial score (nSPS) is 21.5. The summed E-state index contributed by atoms with van der Waals surface area (Å²) in [6.07, 6.45) is 19.1. The van der Waals surface area contributed by atoms with E-state index >= 15 is 0 Å². The van der Waals surface area contributed by atoms with Gasteiger partial charge < -0.3 is 0 Å². The van der Waals surface area contributed by atoms with Gasteiger partial charge in [-0.25, -0.2) is 0 Å². The lowest BCUT2D eigenvalue weighted by Gasteiger charge is -2.16. The van der Waals surface area contributed by atoms with E-state index in [1.807, 2.05) is 0 Å². The van der Waals surface area contributed by atoms with Gasteiger partial charge in [0.2, 0.25) is 0 Å². The first-order valence-electron chi connectivity index (χ1n) is 6.84. The average molecular weight is 313 g/mol. The summed E-state index contributed by atoms with van der Waals surface area (Å²) in [6.45, 7) is 0. The molecule has 2 aliphatic rings. The molecule has 0 amide bonds. The number of rotatable bonds is 2. The van der Waals surface area contributed by atoms with Crippen molar-refractivity contribution in [2.75, 3.05) is 0 Å². The molecule has 0 aliphatic heterocycles. The molecule has 1 aromatic carbocycles. The van der Waals surface area contributed by atoms with Crippen LogP contribution in [0.2, 0.25) is 0 Å². The highest BCUT2D eigenvalue weighted by atomic mass is 79.9.